The summed E-state index contributed by atoms with van der Waals surface area (Å²) in [5.74, 6) is -0.149. The summed E-state index contributed by atoms with van der Waals surface area (Å²) in [6.45, 7) is 7.05. The van der Waals surface area contributed by atoms with Gasteiger partial charge in [-0.3, -0.25) is 19.4 Å². The molecule has 0 radical (unpaired) electrons. The highest BCUT2D eigenvalue weighted by atomic mass is 16.5. The van der Waals surface area contributed by atoms with Crippen LogP contribution in [0.25, 0.3) is 0 Å². The number of nitrogens with zero attached hydrogens (tertiary/aromatic N) is 4. The molecule has 1 aromatic rings. The molecule has 0 aliphatic carbocycles. The first-order valence-electron chi connectivity index (χ1n) is 10.6. The molecule has 2 saturated heterocycles. The third-order valence-corrected chi connectivity index (χ3v) is 5.68. The first-order valence-corrected chi connectivity index (χ1v) is 10.6. The molecule has 0 N–H and O–H groups in total. The van der Waals surface area contributed by atoms with E-state index in [1.54, 1.807) is 7.05 Å². The van der Waals surface area contributed by atoms with Crippen molar-refractivity contribution in [2.45, 2.75) is 32.4 Å². The standard InChI is InChI=1S/C22H32N4O4/c1-18(15-24-11-13-30-14-12-24)26(16-19-7-4-3-5-8-19)20(27)9-6-10-25-21(28)17-23(2)22(25)29/h3-5,7-8,18H,6,9-17H2,1-2H3. The van der Waals surface area contributed by atoms with Gasteiger partial charge in [0, 0.05) is 52.2 Å². The molecule has 0 aromatic heterocycles. The predicted octanol–water partition coefficient (Wildman–Crippen LogP) is 1.41. The Morgan fingerprint density at radius 3 is 2.50 bits per heavy atom. The fourth-order valence-electron chi connectivity index (χ4n) is 3.95. The number of ether oxygens (including phenoxy) is 1. The number of carbonyl (C=O) groups excluding carboxylic acids is 3. The molecule has 1 aromatic carbocycles. The maximum Gasteiger partial charge on any atom is 0.326 e. The van der Waals surface area contributed by atoms with Crippen molar-refractivity contribution >= 4 is 17.8 Å². The van der Waals surface area contributed by atoms with Crippen molar-refractivity contribution < 1.29 is 19.1 Å². The molecule has 1 atom stereocenters. The van der Waals surface area contributed by atoms with Crippen LogP contribution >= 0.6 is 0 Å². The summed E-state index contributed by atoms with van der Waals surface area (Å²) >= 11 is 0. The van der Waals surface area contributed by atoms with E-state index in [1.807, 2.05) is 35.2 Å². The molecule has 2 heterocycles. The molecule has 2 aliphatic heterocycles. The van der Waals surface area contributed by atoms with Crippen molar-refractivity contribution in [3.05, 3.63) is 35.9 Å². The zero-order valence-electron chi connectivity index (χ0n) is 18.0. The molecule has 8 heteroatoms. The Morgan fingerprint density at radius 2 is 1.87 bits per heavy atom. The van der Waals surface area contributed by atoms with E-state index in [4.69, 9.17) is 4.74 Å². The van der Waals surface area contributed by atoms with Gasteiger partial charge in [-0.2, -0.15) is 0 Å². The van der Waals surface area contributed by atoms with Crippen LogP contribution in [0.3, 0.4) is 0 Å². The molecule has 0 bridgehead atoms. The number of hydrogen-bond donors (Lipinski definition) is 0. The summed E-state index contributed by atoms with van der Waals surface area (Å²) in [4.78, 5) is 44.0. The summed E-state index contributed by atoms with van der Waals surface area (Å²) in [5, 5.41) is 0. The van der Waals surface area contributed by atoms with Gasteiger partial charge in [0.05, 0.1) is 13.2 Å². The van der Waals surface area contributed by atoms with Crippen LogP contribution in [0.5, 0.6) is 0 Å². The summed E-state index contributed by atoms with van der Waals surface area (Å²) in [6.07, 6.45) is 0.779. The van der Waals surface area contributed by atoms with Crippen molar-refractivity contribution in [3.63, 3.8) is 0 Å². The van der Waals surface area contributed by atoms with Gasteiger partial charge in [0.15, 0.2) is 0 Å². The lowest BCUT2D eigenvalue weighted by Crippen LogP contribution is -2.48. The minimum absolute atomic E-state index is 0.0482. The van der Waals surface area contributed by atoms with Crippen LogP contribution < -0.4 is 0 Å². The average Bonchev–Trinajstić information content (AvgIpc) is 2.99. The number of urea groups is 1. The first-order chi connectivity index (χ1) is 14.5. The highest BCUT2D eigenvalue weighted by Crippen LogP contribution is 2.15. The summed E-state index contributed by atoms with van der Waals surface area (Å²) in [5.41, 5.74) is 1.09. The first kappa shape index (κ1) is 22.2. The highest BCUT2D eigenvalue weighted by Gasteiger charge is 2.33. The third kappa shape index (κ3) is 5.79. The van der Waals surface area contributed by atoms with E-state index in [2.05, 4.69) is 11.8 Å². The maximum absolute atomic E-state index is 13.1. The van der Waals surface area contributed by atoms with Crippen molar-refractivity contribution in [1.82, 2.24) is 19.6 Å². The molecule has 1 unspecified atom stereocenters. The van der Waals surface area contributed by atoms with Gasteiger partial charge in [-0.15, -0.1) is 0 Å². The number of benzene rings is 1. The van der Waals surface area contributed by atoms with Crippen molar-refractivity contribution in [2.24, 2.45) is 0 Å². The van der Waals surface area contributed by atoms with E-state index in [0.29, 0.717) is 19.4 Å². The van der Waals surface area contributed by atoms with E-state index in [0.717, 1.165) is 38.4 Å². The second-order valence-corrected chi connectivity index (χ2v) is 8.06. The minimum Gasteiger partial charge on any atom is -0.379 e. The lowest BCUT2D eigenvalue weighted by Gasteiger charge is -2.35. The predicted molar refractivity (Wildman–Crippen MR) is 113 cm³/mol. The molecular formula is C22H32N4O4. The molecular weight excluding hydrogens is 384 g/mol. The Bertz CT molecular complexity index is 736. The van der Waals surface area contributed by atoms with Crippen molar-refractivity contribution in [2.75, 3.05) is 53.0 Å². The quantitative estimate of drug-likeness (QED) is 0.569. The molecule has 2 aliphatic rings. The zero-order valence-corrected chi connectivity index (χ0v) is 18.0. The SMILES string of the molecule is CC(CN1CCOCC1)N(Cc1ccccc1)C(=O)CCCN1C(=O)CN(C)C1=O. The minimum atomic E-state index is -0.283. The normalized spacial score (nSPS) is 18.7. The van der Waals surface area contributed by atoms with Crippen molar-refractivity contribution in [3.8, 4) is 0 Å². The largest absolute Gasteiger partial charge is 0.379 e. The molecule has 0 spiro atoms. The second-order valence-electron chi connectivity index (χ2n) is 8.06. The average molecular weight is 417 g/mol. The van der Waals surface area contributed by atoms with Gasteiger partial charge in [0.25, 0.3) is 0 Å². The van der Waals surface area contributed by atoms with Gasteiger partial charge < -0.3 is 14.5 Å². The Balaban J connectivity index is 1.59. The summed E-state index contributed by atoms with van der Waals surface area (Å²) in [6, 6.07) is 9.75. The van der Waals surface area contributed by atoms with Crippen LogP contribution in [0, 0.1) is 0 Å². The van der Waals surface area contributed by atoms with Gasteiger partial charge in [0.2, 0.25) is 11.8 Å². The summed E-state index contributed by atoms with van der Waals surface area (Å²) in [7, 11) is 1.61. The van der Waals surface area contributed by atoms with Crippen LogP contribution in [0.15, 0.2) is 30.3 Å². The van der Waals surface area contributed by atoms with E-state index in [1.165, 1.54) is 9.80 Å². The van der Waals surface area contributed by atoms with Crippen LogP contribution in [0.1, 0.15) is 25.3 Å². The third-order valence-electron chi connectivity index (χ3n) is 5.68. The molecule has 2 fully saturated rings. The molecule has 164 valence electrons. The molecule has 4 amide bonds. The van der Waals surface area contributed by atoms with Gasteiger partial charge >= 0.3 is 6.03 Å². The maximum atomic E-state index is 13.1. The number of carbonyl (C=O) groups is 3. The Labute approximate surface area is 178 Å². The van der Waals surface area contributed by atoms with E-state index < -0.39 is 0 Å². The number of imide groups is 1. The lowest BCUT2D eigenvalue weighted by atomic mass is 10.1. The molecule has 30 heavy (non-hydrogen) atoms. The van der Waals surface area contributed by atoms with Crippen LogP contribution in [-0.2, 0) is 20.9 Å². The van der Waals surface area contributed by atoms with E-state index >= 15 is 0 Å². The summed E-state index contributed by atoms with van der Waals surface area (Å²) < 4.78 is 5.43. The van der Waals surface area contributed by atoms with Gasteiger partial charge in [0.1, 0.15) is 6.54 Å². The lowest BCUT2D eigenvalue weighted by molar-refractivity contribution is -0.135. The Hall–Kier alpha value is -2.45. The van der Waals surface area contributed by atoms with Gasteiger partial charge in [-0.25, -0.2) is 4.79 Å². The second kappa shape index (κ2) is 10.5. The number of morpholine rings is 1. The smallest absolute Gasteiger partial charge is 0.326 e. The van der Waals surface area contributed by atoms with Crippen LogP contribution in [-0.4, -0.2) is 96.5 Å². The number of hydrogen-bond acceptors (Lipinski definition) is 5. The fraction of sp³-hybridized carbons (Fsp3) is 0.591. The number of likely N-dealkylation sites (N-methyl/N-ethyl adjacent to an activating group) is 1. The highest BCUT2D eigenvalue weighted by molar-refractivity contribution is 6.01. The topological polar surface area (TPSA) is 73.4 Å². The van der Waals surface area contributed by atoms with Gasteiger partial charge in [-0.05, 0) is 18.9 Å². The van der Waals surface area contributed by atoms with Crippen LogP contribution in [0.2, 0.25) is 0 Å². The Kier molecular flexibility index (Phi) is 7.81. The van der Waals surface area contributed by atoms with Crippen molar-refractivity contribution in [1.29, 1.82) is 0 Å². The fourth-order valence-corrected chi connectivity index (χ4v) is 3.95. The molecule has 3 rings (SSSR count). The number of rotatable bonds is 9. The van der Waals surface area contributed by atoms with Gasteiger partial charge in [-0.1, -0.05) is 30.3 Å². The Morgan fingerprint density at radius 1 is 1.17 bits per heavy atom. The molecule has 0 saturated carbocycles. The van der Waals surface area contributed by atoms with Crippen LogP contribution in [0.4, 0.5) is 4.79 Å². The zero-order chi connectivity index (χ0) is 21.5. The van der Waals surface area contributed by atoms with E-state index in [-0.39, 0.29) is 37.0 Å². The van der Waals surface area contributed by atoms with E-state index in [9.17, 15) is 14.4 Å². The monoisotopic (exact) mass is 416 g/mol. The molecule has 8 nitrogen and oxygen atoms in total. The number of amides is 4.